The summed E-state index contributed by atoms with van der Waals surface area (Å²) in [5.41, 5.74) is 0. The van der Waals surface area contributed by atoms with Crippen LogP contribution in [0.1, 0.15) is 6.42 Å². The monoisotopic (exact) mass is 215 g/mol. The Labute approximate surface area is 67.5 Å². The molecule has 0 atom stereocenters. The van der Waals surface area contributed by atoms with Gasteiger partial charge in [-0.2, -0.15) is 30.7 Å². The molecule has 0 spiro atoms. The Bertz CT molecular complexity index is 168. The fourth-order valence-electron chi connectivity index (χ4n) is 0.449. The molecule has 0 nitrogen and oxygen atoms in total. The fraction of sp³-hybridized carbons (Fsp3) is 0.800. The predicted octanol–water partition coefficient (Wildman–Crippen LogP) is 3.34. The van der Waals surface area contributed by atoms with E-state index in [-0.39, 0.29) is 0 Å². The standard InChI is InChI=1S/C5H3F8/c6-2-4(9,10)3(7,8)1-5(11,12)13/h2H,1H2. The molecule has 8 heteroatoms. The smallest absolute Gasteiger partial charge is 0.237 e. The molecule has 0 unspecified atom stereocenters. The quantitative estimate of drug-likeness (QED) is 0.633. The first-order chi connectivity index (χ1) is 5.52. The summed E-state index contributed by atoms with van der Waals surface area (Å²) in [4.78, 5) is 0. The third-order valence-electron chi connectivity index (χ3n) is 1.05. The average Bonchev–Trinajstić information content (AvgIpc) is 1.81. The summed E-state index contributed by atoms with van der Waals surface area (Å²) in [6, 6.07) is 0. The summed E-state index contributed by atoms with van der Waals surface area (Å²) in [5, 5.41) is 0. The molecule has 0 aromatic rings. The molecular formula is C5H3F8. The van der Waals surface area contributed by atoms with Gasteiger partial charge in [0.05, 0.1) is 0 Å². The van der Waals surface area contributed by atoms with E-state index in [0.29, 0.717) is 0 Å². The average molecular weight is 215 g/mol. The molecule has 0 rings (SSSR count). The summed E-state index contributed by atoms with van der Waals surface area (Å²) < 4.78 is 92.4. The van der Waals surface area contributed by atoms with Gasteiger partial charge in [0.1, 0.15) is 6.42 Å². The molecule has 79 valence electrons. The maximum absolute atomic E-state index is 12.0. The minimum absolute atomic E-state index is 1.75. The van der Waals surface area contributed by atoms with Crippen molar-refractivity contribution < 1.29 is 35.1 Å². The van der Waals surface area contributed by atoms with E-state index in [0.717, 1.165) is 0 Å². The first-order valence-electron chi connectivity index (χ1n) is 2.79. The Balaban J connectivity index is 4.58. The lowest BCUT2D eigenvalue weighted by Gasteiger charge is -2.24. The molecule has 0 heterocycles. The number of hydrogen-bond donors (Lipinski definition) is 0. The van der Waals surface area contributed by atoms with Gasteiger partial charge >= 0.3 is 18.0 Å². The Morgan fingerprint density at radius 2 is 1.23 bits per heavy atom. The lowest BCUT2D eigenvalue weighted by atomic mass is 10.1. The van der Waals surface area contributed by atoms with Gasteiger partial charge < -0.3 is 0 Å². The number of hydrogen-bond acceptors (Lipinski definition) is 0. The summed E-state index contributed by atoms with van der Waals surface area (Å²) in [6.45, 7) is -1.75. The first kappa shape index (κ1) is 12.4. The largest absolute Gasteiger partial charge is 0.395 e. The van der Waals surface area contributed by atoms with E-state index in [1.165, 1.54) is 0 Å². The van der Waals surface area contributed by atoms with Gasteiger partial charge in [-0.05, 0) is 0 Å². The van der Waals surface area contributed by atoms with Gasteiger partial charge in [-0.3, -0.25) is 0 Å². The minimum Gasteiger partial charge on any atom is -0.237 e. The second-order valence-electron chi connectivity index (χ2n) is 2.23. The molecule has 0 fully saturated rings. The van der Waals surface area contributed by atoms with Crippen LogP contribution < -0.4 is 0 Å². The van der Waals surface area contributed by atoms with Crippen LogP contribution in [0.5, 0.6) is 0 Å². The van der Waals surface area contributed by atoms with Gasteiger partial charge in [0.15, 0.2) is 0 Å². The second-order valence-corrected chi connectivity index (χ2v) is 2.23. The van der Waals surface area contributed by atoms with Crippen molar-refractivity contribution in [3.63, 3.8) is 0 Å². The highest BCUT2D eigenvalue weighted by atomic mass is 19.4. The Hall–Kier alpha value is -0.560. The van der Waals surface area contributed by atoms with Crippen LogP contribution in [0.15, 0.2) is 0 Å². The van der Waals surface area contributed by atoms with E-state index < -0.39 is 31.1 Å². The summed E-state index contributed by atoms with van der Waals surface area (Å²) in [6.07, 6.45) is -8.54. The van der Waals surface area contributed by atoms with Crippen molar-refractivity contribution in [2.45, 2.75) is 24.4 Å². The van der Waals surface area contributed by atoms with Crippen molar-refractivity contribution in [2.24, 2.45) is 0 Å². The van der Waals surface area contributed by atoms with Crippen molar-refractivity contribution in [3.05, 3.63) is 6.67 Å². The summed E-state index contributed by atoms with van der Waals surface area (Å²) in [5.74, 6) is -10.9. The Morgan fingerprint density at radius 3 is 1.46 bits per heavy atom. The summed E-state index contributed by atoms with van der Waals surface area (Å²) >= 11 is 0. The summed E-state index contributed by atoms with van der Waals surface area (Å²) in [7, 11) is 0. The molecule has 0 saturated carbocycles. The molecule has 0 bridgehead atoms. The molecule has 0 saturated heterocycles. The maximum atomic E-state index is 12.0. The van der Waals surface area contributed by atoms with Crippen LogP contribution in [-0.2, 0) is 0 Å². The Morgan fingerprint density at radius 1 is 0.846 bits per heavy atom. The molecule has 0 aliphatic carbocycles. The number of alkyl halides is 7. The lowest BCUT2D eigenvalue weighted by molar-refractivity contribution is -0.257. The van der Waals surface area contributed by atoms with Crippen LogP contribution in [0.25, 0.3) is 0 Å². The normalized spacial score (nSPS) is 14.8. The van der Waals surface area contributed by atoms with Crippen LogP contribution in [0.4, 0.5) is 35.1 Å². The lowest BCUT2D eigenvalue weighted by Crippen LogP contribution is -2.43. The molecule has 0 aromatic heterocycles. The van der Waals surface area contributed by atoms with E-state index in [9.17, 15) is 35.1 Å². The number of halogens is 8. The fourth-order valence-corrected chi connectivity index (χ4v) is 0.449. The highest BCUT2D eigenvalue weighted by molar-refractivity contribution is 4.92. The van der Waals surface area contributed by atoms with Crippen molar-refractivity contribution >= 4 is 0 Å². The van der Waals surface area contributed by atoms with Crippen molar-refractivity contribution in [3.8, 4) is 0 Å². The third kappa shape index (κ3) is 3.35. The van der Waals surface area contributed by atoms with Gasteiger partial charge in [0, 0.05) is 0 Å². The zero-order valence-corrected chi connectivity index (χ0v) is 5.81. The SMILES string of the molecule is F[CH]C(F)(F)C(F)(F)CC(F)(F)F. The molecular weight excluding hydrogens is 212 g/mol. The van der Waals surface area contributed by atoms with Crippen molar-refractivity contribution in [1.29, 1.82) is 0 Å². The van der Waals surface area contributed by atoms with Crippen molar-refractivity contribution in [2.75, 3.05) is 0 Å². The van der Waals surface area contributed by atoms with E-state index in [2.05, 4.69) is 0 Å². The van der Waals surface area contributed by atoms with Crippen LogP contribution >= 0.6 is 0 Å². The number of rotatable bonds is 3. The van der Waals surface area contributed by atoms with Gasteiger partial charge in [0.25, 0.3) is 0 Å². The zero-order chi connectivity index (χ0) is 10.9. The van der Waals surface area contributed by atoms with Gasteiger partial charge in [-0.1, -0.05) is 0 Å². The molecule has 13 heavy (non-hydrogen) atoms. The molecule has 0 aliphatic heterocycles. The van der Waals surface area contributed by atoms with Gasteiger partial charge in [-0.15, -0.1) is 0 Å². The topological polar surface area (TPSA) is 0 Å². The maximum Gasteiger partial charge on any atom is 0.395 e. The van der Waals surface area contributed by atoms with Gasteiger partial charge in [0.2, 0.25) is 6.67 Å². The van der Waals surface area contributed by atoms with E-state index in [1.807, 2.05) is 0 Å². The van der Waals surface area contributed by atoms with E-state index in [1.54, 1.807) is 0 Å². The molecule has 0 N–H and O–H groups in total. The van der Waals surface area contributed by atoms with Crippen molar-refractivity contribution in [1.82, 2.24) is 0 Å². The molecule has 0 aliphatic rings. The highest BCUT2D eigenvalue weighted by Gasteiger charge is 2.61. The van der Waals surface area contributed by atoms with E-state index in [4.69, 9.17) is 0 Å². The third-order valence-corrected chi connectivity index (χ3v) is 1.05. The van der Waals surface area contributed by atoms with E-state index >= 15 is 0 Å². The predicted molar refractivity (Wildman–Crippen MR) is 26.0 cm³/mol. The van der Waals surface area contributed by atoms with Crippen LogP contribution in [0.2, 0.25) is 0 Å². The second kappa shape index (κ2) is 3.30. The first-order valence-corrected chi connectivity index (χ1v) is 2.79. The van der Waals surface area contributed by atoms with Crippen LogP contribution in [0, 0.1) is 6.67 Å². The zero-order valence-electron chi connectivity index (χ0n) is 5.81. The Kier molecular flexibility index (Phi) is 3.16. The minimum atomic E-state index is -5.48. The molecule has 1 radical (unpaired) electrons. The van der Waals surface area contributed by atoms with Gasteiger partial charge in [-0.25, -0.2) is 4.39 Å². The van der Waals surface area contributed by atoms with Crippen LogP contribution in [-0.4, -0.2) is 18.0 Å². The molecule has 0 amide bonds. The van der Waals surface area contributed by atoms with Crippen LogP contribution in [0.3, 0.4) is 0 Å². The molecule has 0 aromatic carbocycles. The highest BCUT2D eigenvalue weighted by Crippen LogP contribution is 2.43.